The molecule has 7 heteroatoms. The van der Waals surface area contributed by atoms with E-state index in [0.717, 1.165) is 32.1 Å². The van der Waals surface area contributed by atoms with Crippen molar-refractivity contribution in [2.24, 2.45) is 0 Å². The van der Waals surface area contributed by atoms with Gasteiger partial charge in [0.25, 0.3) is 0 Å². The minimum atomic E-state index is -1.35. The van der Waals surface area contributed by atoms with Crippen LogP contribution in [-0.4, -0.2) is 33.5 Å². The Morgan fingerprint density at radius 3 is 2.79 bits per heavy atom. The number of rotatable bonds is 8. The molecule has 0 saturated heterocycles. The Labute approximate surface area is 144 Å². The van der Waals surface area contributed by atoms with Crippen molar-refractivity contribution < 1.29 is 13.7 Å². The summed E-state index contributed by atoms with van der Waals surface area (Å²) >= 11 is 0. The first-order valence-corrected chi connectivity index (χ1v) is 10.1. The molecule has 24 heavy (non-hydrogen) atoms. The number of H-pyrrole nitrogens is 1. The van der Waals surface area contributed by atoms with E-state index < -0.39 is 10.8 Å². The van der Waals surface area contributed by atoms with Crippen molar-refractivity contribution in [1.82, 2.24) is 10.3 Å². The zero-order chi connectivity index (χ0) is 17.4. The molecule has 134 valence electrons. The molecular weight excluding hydrogens is 328 g/mol. The van der Waals surface area contributed by atoms with Gasteiger partial charge >= 0.3 is 0 Å². The Morgan fingerprint density at radius 2 is 2.12 bits per heavy atom. The van der Waals surface area contributed by atoms with Gasteiger partial charge in [-0.25, -0.2) is 0 Å². The van der Waals surface area contributed by atoms with E-state index in [0.29, 0.717) is 12.3 Å². The highest BCUT2D eigenvalue weighted by molar-refractivity contribution is 7.84. The van der Waals surface area contributed by atoms with Crippen LogP contribution in [0.4, 0.5) is 0 Å². The lowest BCUT2D eigenvalue weighted by Gasteiger charge is -2.22. The van der Waals surface area contributed by atoms with Crippen LogP contribution in [0.5, 0.6) is 5.75 Å². The van der Waals surface area contributed by atoms with Crippen LogP contribution in [0.15, 0.2) is 17.1 Å². The molecule has 1 aliphatic rings. The molecule has 0 aliphatic heterocycles. The van der Waals surface area contributed by atoms with Gasteiger partial charge in [-0.15, -0.1) is 0 Å². The van der Waals surface area contributed by atoms with Crippen LogP contribution < -0.4 is 15.5 Å². The zero-order valence-electron chi connectivity index (χ0n) is 14.1. The van der Waals surface area contributed by atoms with Gasteiger partial charge in [-0.3, -0.25) is 13.8 Å². The predicted octanol–water partition coefficient (Wildman–Crippen LogP) is 1.86. The van der Waals surface area contributed by atoms with Crippen molar-refractivity contribution in [2.75, 3.05) is 12.4 Å². The van der Waals surface area contributed by atoms with Crippen molar-refractivity contribution in [3.05, 3.63) is 28.2 Å². The molecule has 1 fully saturated rings. The molecule has 0 radical (unpaired) electrons. The van der Waals surface area contributed by atoms with E-state index in [1.165, 1.54) is 18.7 Å². The van der Waals surface area contributed by atoms with Crippen LogP contribution in [-0.2, 0) is 21.3 Å². The van der Waals surface area contributed by atoms with Gasteiger partial charge in [0.15, 0.2) is 5.75 Å². The Bertz CT molecular complexity index is 623. The molecule has 1 saturated carbocycles. The Hall–Kier alpha value is -1.63. The molecule has 6 nitrogen and oxygen atoms in total. The van der Waals surface area contributed by atoms with E-state index in [1.54, 1.807) is 0 Å². The molecule has 0 spiro atoms. The number of hydrogen-bond acceptors (Lipinski definition) is 4. The lowest BCUT2D eigenvalue weighted by molar-refractivity contribution is -0.119. The first-order chi connectivity index (χ1) is 11.6. The number of nitrogens with one attached hydrogen (secondary N) is 2. The minimum Gasteiger partial charge on any atom is -0.488 e. The zero-order valence-corrected chi connectivity index (χ0v) is 15.0. The Balaban J connectivity index is 1.82. The maximum absolute atomic E-state index is 12.1. The normalized spacial score (nSPS) is 16.5. The first-order valence-electron chi connectivity index (χ1n) is 8.57. The fraction of sp³-hybridized carbons (Fsp3) is 0.647. The van der Waals surface area contributed by atoms with Crippen molar-refractivity contribution in [3.8, 4) is 5.75 Å². The van der Waals surface area contributed by atoms with Gasteiger partial charge < -0.3 is 15.0 Å². The SMILES string of the molecule is CCCOc1c[nH]c(CS(=O)CC(=O)NC2CCCCC2)cc1=O. The summed E-state index contributed by atoms with van der Waals surface area (Å²) in [6.07, 6.45) is 7.83. The van der Waals surface area contributed by atoms with E-state index in [9.17, 15) is 13.8 Å². The largest absolute Gasteiger partial charge is 0.488 e. The summed E-state index contributed by atoms with van der Waals surface area (Å²) in [6.45, 7) is 2.44. The molecule has 1 aliphatic carbocycles. The van der Waals surface area contributed by atoms with E-state index in [1.807, 2.05) is 6.92 Å². The number of aromatic nitrogens is 1. The van der Waals surface area contributed by atoms with Crippen molar-refractivity contribution in [3.63, 3.8) is 0 Å². The van der Waals surface area contributed by atoms with E-state index in [2.05, 4.69) is 10.3 Å². The first kappa shape index (κ1) is 18.7. The number of carbonyl (C=O) groups is 1. The molecular formula is C17H26N2O4S. The highest BCUT2D eigenvalue weighted by Crippen LogP contribution is 2.17. The van der Waals surface area contributed by atoms with Gasteiger partial charge in [0.2, 0.25) is 11.3 Å². The second kappa shape index (κ2) is 9.61. The highest BCUT2D eigenvalue weighted by atomic mass is 32.2. The van der Waals surface area contributed by atoms with Crippen LogP contribution in [0.3, 0.4) is 0 Å². The van der Waals surface area contributed by atoms with E-state index >= 15 is 0 Å². The summed E-state index contributed by atoms with van der Waals surface area (Å²) in [5, 5.41) is 2.96. The van der Waals surface area contributed by atoms with Crippen molar-refractivity contribution in [2.45, 2.75) is 57.2 Å². The molecule has 1 atom stereocenters. The molecule has 0 bridgehead atoms. The van der Waals surface area contributed by atoms with Gasteiger partial charge in [0.05, 0.1) is 12.4 Å². The van der Waals surface area contributed by atoms with Crippen molar-refractivity contribution >= 4 is 16.7 Å². The van der Waals surface area contributed by atoms with Crippen LogP contribution in [0.1, 0.15) is 51.1 Å². The van der Waals surface area contributed by atoms with Crippen LogP contribution >= 0.6 is 0 Å². The number of hydrogen-bond donors (Lipinski definition) is 2. The molecule has 1 heterocycles. The average Bonchev–Trinajstić information content (AvgIpc) is 2.54. The number of aromatic amines is 1. The molecule has 1 aromatic rings. The molecule has 1 unspecified atom stereocenters. The van der Waals surface area contributed by atoms with E-state index in [-0.39, 0.29) is 34.6 Å². The van der Waals surface area contributed by atoms with Gasteiger partial charge in [0.1, 0.15) is 5.75 Å². The number of amides is 1. The summed E-state index contributed by atoms with van der Waals surface area (Å²) < 4.78 is 17.4. The fourth-order valence-electron chi connectivity index (χ4n) is 2.80. The molecule has 2 rings (SSSR count). The topological polar surface area (TPSA) is 88.3 Å². The molecule has 1 amide bonds. The third kappa shape index (κ3) is 6.11. The Morgan fingerprint density at radius 1 is 1.38 bits per heavy atom. The summed E-state index contributed by atoms with van der Waals surface area (Å²) in [4.78, 5) is 26.8. The number of pyridine rings is 1. The van der Waals surface area contributed by atoms with Gasteiger partial charge in [0, 0.05) is 34.8 Å². The van der Waals surface area contributed by atoms with E-state index in [4.69, 9.17) is 4.74 Å². The summed E-state index contributed by atoms with van der Waals surface area (Å²) in [5.74, 6) is 0.209. The van der Waals surface area contributed by atoms with Crippen LogP contribution in [0.25, 0.3) is 0 Å². The van der Waals surface area contributed by atoms with Gasteiger partial charge in [-0.1, -0.05) is 26.2 Å². The fourth-order valence-corrected chi connectivity index (χ4v) is 3.79. The summed E-state index contributed by atoms with van der Waals surface area (Å²) in [5.41, 5.74) is 0.313. The third-order valence-electron chi connectivity index (χ3n) is 3.98. The van der Waals surface area contributed by atoms with Crippen LogP contribution in [0.2, 0.25) is 0 Å². The lowest BCUT2D eigenvalue weighted by Crippen LogP contribution is -2.38. The molecule has 0 aromatic carbocycles. The van der Waals surface area contributed by atoms with Gasteiger partial charge in [-0.2, -0.15) is 0 Å². The highest BCUT2D eigenvalue weighted by Gasteiger charge is 2.17. The second-order valence-electron chi connectivity index (χ2n) is 6.17. The monoisotopic (exact) mass is 354 g/mol. The molecule has 2 N–H and O–H groups in total. The summed E-state index contributed by atoms with van der Waals surface area (Å²) in [6, 6.07) is 1.61. The third-order valence-corrected chi connectivity index (χ3v) is 5.19. The number of carbonyl (C=O) groups excluding carboxylic acids is 1. The maximum Gasteiger partial charge on any atom is 0.232 e. The molecule has 1 aromatic heterocycles. The van der Waals surface area contributed by atoms with Gasteiger partial charge in [-0.05, 0) is 19.3 Å². The predicted molar refractivity (Wildman–Crippen MR) is 94.6 cm³/mol. The lowest BCUT2D eigenvalue weighted by atomic mass is 9.95. The Kier molecular flexibility index (Phi) is 7.49. The second-order valence-corrected chi connectivity index (χ2v) is 7.62. The quantitative estimate of drug-likeness (QED) is 0.746. The number of ether oxygens (including phenoxy) is 1. The summed E-state index contributed by atoms with van der Waals surface area (Å²) in [7, 11) is -1.35. The smallest absolute Gasteiger partial charge is 0.232 e. The average molecular weight is 354 g/mol. The maximum atomic E-state index is 12.1. The standard InChI is InChI=1S/C17H26N2O4S/c1-2-8-23-16-10-18-14(9-15(16)20)11-24(22)12-17(21)19-13-6-4-3-5-7-13/h9-10,13H,2-8,11-12H2,1H3,(H,18,20)(H,19,21). The van der Waals surface area contributed by atoms with Crippen LogP contribution in [0, 0.1) is 0 Å². The minimum absolute atomic E-state index is 0.0351. The van der Waals surface area contributed by atoms with Crippen molar-refractivity contribution in [1.29, 1.82) is 0 Å².